The molecule has 0 aliphatic heterocycles. The van der Waals surface area contributed by atoms with Gasteiger partial charge in [0.15, 0.2) is 0 Å². The second kappa shape index (κ2) is 8.46. The minimum absolute atomic E-state index is 0.204. The van der Waals surface area contributed by atoms with E-state index in [0.717, 1.165) is 17.1 Å². The zero-order valence-electron chi connectivity index (χ0n) is 15.6. The fraction of sp³-hybridized carbons (Fsp3) is 0.250. The summed E-state index contributed by atoms with van der Waals surface area (Å²) >= 11 is 0. The van der Waals surface area contributed by atoms with Gasteiger partial charge in [0.1, 0.15) is 6.61 Å². The van der Waals surface area contributed by atoms with Gasteiger partial charge < -0.3 is 14.8 Å². The van der Waals surface area contributed by atoms with Crippen molar-refractivity contribution in [2.24, 2.45) is 0 Å². The summed E-state index contributed by atoms with van der Waals surface area (Å²) in [5.41, 5.74) is 4.07. The molecular weight excluding hydrogens is 344 g/mol. The third-order valence-corrected chi connectivity index (χ3v) is 3.92. The summed E-state index contributed by atoms with van der Waals surface area (Å²) < 4.78 is 12.2. The molecule has 0 radical (unpaired) electrons. The van der Waals surface area contributed by atoms with Crippen LogP contribution in [0, 0.1) is 13.8 Å². The van der Waals surface area contributed by atoms with Crippen LogP contribution in [0.5, 0.6) is 5.88 Å². The molecule has 0 fully saturated rings. The van der Waals surface area contributed by atoms with Gasteiger partial charge in [0.2, 0.25) is 5.88 Å². The molecule has 0 bridgehead atoms. The van der Waals surface area contributed by atoms with Gasteiger partial charge in [0.05, 0.1) is 29.9 Å². The van der Waals surface area contributed by atoms with Crippen molar-refractivity contribution in [3.05, 3.63) is 65.6 Å². The molecule has 0 aliphatic rings. The number of carbonyl (C=O) groups is 1. The van der Waals surface area contributed by atoms with E-state index in [1.807, 2.05) is 36.7 Å². The van der Waals surface area contributed by atoms with Crippen LogP contribution in [0.2, 0.25) is 0 Å². The molecule has 140 valence electrons. The van der Waals surface area contributed by atoms with Gasteiger partial charge in [-0.05, 0) is 50.2 Å². The Labute approximate surface area is 158 Å². The van der Waals surface area contributed by atoms with E-state index in [1.54, 1.807) is 37.6 Å². The summed E-state index contributed by atoms with van der Waals surface area (Å²) in [6, 6.07) is 12.8. The highest BCUT2D eigenvalue weighted by molar-refractivity contribution is 6.04. The number of hydrogen-bond acceptors (Lipinski definition) is 5. The molecule has 1 N–H and O–H groups in total. The Kier molecular flexibility index (Phi) is 5.83. The molecule has 1 amide bonds. The van der Waals surface area contributed by atoms with Gasteiger partial charge in [0, 0.05) is 24.4 Å². The molecular formula is C20H22N4O3. The van der Waals surface area contributed by atoms with Crippen molar-refractivity contribution in [3.63, 3.8) is 0 Å². The summed E-state index contributed by atoms with van der Waals surface area (Å²) in [4.78, 5) is 16.6. The first-order valence-electron chi connectivity index (χ1n) is 8.59. The largest absolute Gasteiger partial charge is 0.475 e. The predicted molar refractivity (Wildman–Crippen MR) is 103 cm³/mol. The molecule has 0 spiro atoms. The number of hydrogen-bond donors (Lipinski definition) is 1. The molecule has 2 aromatic heterocycles. The Bertz CT molecular complexity index is 902. The average molecular weight is 366 g/mol. The minimum atomic E-state index is -0.204. The number of methoxy groups -OCH3 is 1. The fourth-order valence-corrected chi connectivity index (χ4v) is 2.62. The van der Waals surface area contributed by atoms with Gasteiger partial charge in [0.25, 0.3) is 5.91 Å². The van der Waals surface area contributed by atoms with Crippen molar-refractivity contribution in [1.29, 1.82) is 0 Å². The number of aryl methyl sites for hydroxylation is 2. The maximum atomic E-state index is 12.4. The molecule has 7 nitrogen and oxygen atoms in total. The van der Waals surface area contributed by atoms with Crippen molar-refractivity contribution < 1.29 is 14.3 Å². The van der Waals surface area contributed by atoms with Crippen molar-refractivity contribution in [2.75, 3.05) is 25.6 Å². The van der Waals surface area contributed by atoms with Crippen LogP contribution in [0.3, 0.4) is 0 Å². The van der Waals surface area contributed by atoms with E-state index in [9.17, 15) is 4.79 Å². The minimum Gasteiger partial charge on any atom is -0.475 e. The number of aromatic nitrogens is 3. The second-order valence-electron chi connectivity index (χ2n) is 6.07. The zero-order chi connectivity index (χ0) is 19.2. The monoisotopic (exact) mass is 366 g/mol. The first-order valence-corrected chi connectivity index (χ1v) is 8.59. The molecule has 0 aliphatic carbocycles. The first-order chi connectivity index (χ1) is 13.1. The highest BCUT2D eigenvalue weighted by atomic mass is 16.5. The molecule has 0 atom stereocenters. The summed E-state index contributed by atoms with van der Waals surface area (Å²) in [7, 11) is 1.61. The topological polar surface area (TPSA) is 78.3 Å². The Morgan fingerprint density at radius 3 is 2.48 bits per heavy atom. The lowest BCUT2D eigenvalue weighted by Crippen LogP contribution is -2.12. The highest BCUT2D eigenvalue weighted by Crippen LogP contribution is 2.16. The first kappa shape index (κ1) is 18.6. The lowest BCUT2D eigenvalue weighted by Gasteiger charge is -2.08. The van der Waals surface area contributed by atoms with Gasteiger partial charge in [-0.3, -0.25) is 4.79 Å². The number of ether oxygens (including phenoxy) is 2. The van der Waals surface area contributed by atoms with E-state index in [2.05, 4.69) is 15.4 Å². The summed E-state index contributed by atoms with van der Waals surface area (Å²) in [6.45, 7) is 4.87. The molecule has 27 heavy (non-hydrogen) atoms. The quantitative estimate of drug-likeness (QED) is 0.650. The van der Waals surface area contributed by atoms with Crippen LogP contribution in [-0.2, 0) is 4.74 Å². The number of carbonyl (C=O) groups excluding carboxylic acids is 1. The Morgan fingerprint density at radius 1 is 1.11 bits per heavy atom. The van der Waals surface area contributed by atoms with E-state index in [-0.39, 0.29) is 5.91 Å². The van der Waals surface area contributed by atoms with Crippen molar-refractivity contribution in [1.82, 2.24) is 14.8 Å². The summed E-state index contributed by atoms with van der Waals surface area (Å²) in [5, 5.41) is 7.27. The van der Waals surface area contributed by atoms with E-state index < -0.39 is 0 Å². The van der Waals surface area contributed by atoms with Crippen LogP contribution >= 0.6 is 0 Å². The van der Waals surface area contributed by atoms with Crippen molar-refractivity contribution in [3.8, 4) is 11.6 Å². The standard InChI is InChI=1S/C20H22N4O3/c1-14-12-15(2)24(23-14)18-7-4-16(5-8-18)20(25)22-17-6-9-19(21-13-17)27-11-10-26-3/h4-9,12-13H,10-11H2,1-3H3,(H,22,25). The number of pyridine rings is 1. The second-order valence-corrected chi connectivity index (χ2v) is 6.07. The lowest BCUT2D eigenvalue weighted by molar-refractivity contribution is 0.102. The fourth-order valence-electron chi connectivity index (χ4n) is 2.62. The molecule has 0 saturated heterocycles. The van der Waals surface area contributed by atoms with Crippen LogP contribution in [-0.4, -0.2) is 41.0 Å². The van der Waals surface area contributed by atoms with E-state index in [4.69, 9.17) is 9.47 Å². The Hall–Kier alpha value is -3.19. The lowest BCUT2D eigenvalue weighted by atomic mass is 10.2. The molecule has 0 saturated carbocycles. The molecule has 1 aromatic carbocycles. The average Bonchev–Trinajstić information content (AvgIpc) is 3.01. The normalized spacial score (nSPS) is 10.6. The molecule has 2 heterocycles. The molecule has 3 aromatic rings. The van der Waals surface area contributed by atoms with Crippen LogP contribution in [0.1, 0.15) is 21.7 Å². The van der Waals surface area contributed by atoms with E-state index >= 15 is 0 Å². The van der Waals surface area contributed by atoms with Crippen LogP contribution in [0.25, 0.3) is 5.69 Å². The van der Waals surface area contributed by atoms with Gasteiger partial charge in [-0.25, -0.2) is 9.67 Å². The maximum Gasteiger partial charge on any atom is 0.255 e. The Balaban J connectivity index is 1.63. The highest BCUT2D eigenvalue weighted by Gasteiger charge is 2.09. The van der Waals surface area contributed by atoms with Crippen LogP contribution < -0.4 is 10.1 Å². The van der Waals surface area contributed by atoms with Gasteiger partial charge >= 0.3 is 0 Å². The number of benzene rings is 1. The maximum absolute atomic E-state index is 12.4. The molecule has 7 heteroatoms. The number of rotatable bonds is 7. The van der Waals surface area contributed by atoms with Gasteiger partial charge in [-0.15, -0.1) is 0 Å². The van der Waals surface area contributed by atoms with Gasteiger partial charge in [-0.2, -0.15) is 5.10 Å². The smallest absolute Gasteiger partial charge is 0.255 e. The van der Waals surface area contributed by atoms with Gasteiger partial charge in [-0.1, -0.05) is 0 Å². The number of amides is 1. The zero-order valence-corrected chi connectivity index (χ0v) is 15.6. The summed E-state index contributed by atoms with van der Waals surface area (Å²) in [6.07, 6.45) is 1.56. The summed E-state index contributed by atoms with van der Waals surface area (Å²) in [5.74, 6) is 0.282. The third-order valence-electron chi connectivity index (χ3n) is 3.92. The third kappa shape index (κ3) is 4.71. The van der Waals surface area contributed by atoms with Crippen molar-refractivity contribution >= 4 is 11.6 Å². The SMILES string of the molecule is COCCOc1ccc(NC(=O)c2ccc(-n3nc(C)cc3C)cc2)cn1. The van der Waals surface area contributed by atoms with E-state index in [1.165, 1.54) is 0 Å². The van der Waals surface area contributed by atoms with Crippen molar-refractivity contribution in [2.45, 2.75) is 13.8 Å². The Morgan fingerprint density at radius 2 is 1.89 bits per heavy atom. The predicted octanol–water partition coefficient (Wildman–Crippen LogP) is 3.16. The number of anilines is 1. The van der Waals surface area contributed by atoms with E-state index in [0.29, 0.717) is 30.3 Å². The van der Waals surface area contributed by atoms with Crippen LogP contribution in [0.15, 0.2) is 48.7 Å². The molecule has 3 rings (SSSR count). The van der Waals surface area contributed by atoms with Crippen LogP contribution in [0.4, 0.5) is 5.69 Å². The number of nitrogens with zero attached hydrogens (tertiary/aromatic N) is 3. The molecule has 0 unspecified atom stereocenters. The number of nitrogens with one attached hydrogen (secondary N) is 1.